The summed E-state index contributed by atoms with van der Waals surface area (Å²) in [7, 11) is 1.83. The zero-order valence-electron chi connectivity index (χ0n) is 32.2. The number of hydrogen-bond acceptors (Lipinski definition) is 11. The van der Waals surface area contributed by atoms with Crippen LogP contribution in [-0.2, 0) is 16.0 Å². The number of anilines is 3. The standard InChI is InChI=1S/C42H47N9O6/c1-46-16-17-50(41(46)57)29-4-2-14-47(22-29)36-21-44-37(38(43)54)33(45-36)18-26-5-7-27(8-6-26)48-15-3-13-42(23-48)24-49(25-42)28-9-11-31-32(19-28)40(56)51(39(31)55)34-12-10-30(52)20-35(34)53/h5-9,11,19,21,29,34H,2-4,10,12-18,20,22-25H2,1H3,(H2,43,54). The predicted molar refractivity (Wildman–Crippen MR) is 210 cm³/mol. The van der Waals surface area contributed by atoms with Crippen LogP contribution >= 0.6 is 0 Å². The van der Waals surface area contributed by atoms with E-state index in [4.69, 9.17) is 10.7 Å². The molecule has 1 spiro atoms. The molecule has 5 amide bonds. The number of imide groups is 1. The number of ketones is 2. The molecule has 2 N–H and O–H groups in total. The Bertz CT molecular complexity index is 2190. The zero-order chi connectivity index (χ0) is 39.6. The van der Waals surface area contributed by atoms with E-state index in [1.165, 1.54) is 0 Å². The first-order chi connectivity index (χ1) is 27.5. The summed E-state index contributed by atoms with van der Waals surface area (Å²) in [5.74, 6) is -1.38. The van der Waals surface area contributed by atoms with Crippen LogP contribution in [0.5, 0.6) is 0 Å². The van der Waals surface area contributed by atoms with Gasteiger partial charge in [-0.05, 0) is 68.0 Å². The highest BCUT2D eigenvalue weighted by Crippen LogP contribution is 2.43. The van der Waals surface area contributed by atoms with Crippen molar-refractivity contribution < 1.29 is 28.8 Å². The minimum Gasteiger partial charge on any atom is -0.371 e. The molecular weight excluding hydrogens is 727 g/mol. The van der Waals surface area contributed by atoms with Gasteiger partial charge >= 0.3 is 6.03 Å². The molecule has 4 saturated heterocycles. The lowest BCUT2D eigenvalue weighted by molar-refractivity contribution is -0.132. The molecule has 9 rings (SSSR count). The average molecular weight is 774 g/mol. The summed E-state index contributed by atoms with van der Waals surface area (Å²) in [5.41, 5.74) is 10.1. The Hall–Kier alpha value is -5.86. The molecular formula is C42H47N9O6. The maximum absolute atomic E-state index is 13.4. The van der Waals surface area contributed by atoms with E-state index in [9.17, 15) is 28.8 Å². The molecule has 15 nitrogen and oxygen atoms in total. The molecule has 2 unspecified atom stereocenters. The molecule has 2 atom stereocenters. The number of likely N-dealkylation sites (N-methyl/N-ethyl adjacent to an activating group) is 1. The lowest BCUT2D eigenvalue weighted by Gasteiger charge is -2.56. The third-order valence-corrected chi connectivity index (χ3v) is 12.9. The Morgan fingerprint density at radius 1 is 0.842 bits per heavy atom. The number of aromatic nitrogens is 2. The average Bonchev–Trinajstić information content (AvgIpc) is 3.66. The quantitative estimate of drug-likeness (QED) is 0.264. The van der Waals surface area contributed by atoms with Crippen molar-refractivity contribution in [3.05, 3.63) is 76.7 Å². The van der Waals surface area contributed by atoms with Crippen molar-refractivity contribution in [1.29, 1.82) is 0 Å². The Morgan fingerprint density at radius 2 is 1.58 bits per heavy atom. The van der Waals surface area contributed by atoms with Crippen LogP contribution in [0.2, 0.25) is 0 Å². The van der Waals surface area contributed by atoms with E-state index in [0.29, 0.717) is 35.6 Å². The summed E-state index contributed by atoms with van der Waals surface area (Å²) >= 11 is 0. The van der Waals surface area contributed by atoms with Gasteiger partial charge in [-0.1, -0.05) is 12.1 Å². The first kappa shape index (κ1) is 36.8. The van der Waals surface area contributed by atoms with Crippen molar-refractivity contribution in [2.45, 2.75) is 63.5 Å². The topological polar surface area (TPSA) is 174 Å². The van der Waals surface area contributed by atoms with Crippen LogP contribution < -0.4 is 20.4 Å². The second-order valence-electron chi connectivity index (χ2n) is 16.7. The predicted octanol–water partition coefficient (Wildman–Crippen LogP) is 2.90. The van der Waals surface area contributed by atoms with Crippen LogP contribution in [-0.4, -0.2) is 131 Å². The smallest absolute Gasteiger partial charge is 0.320 e. The molecule has 57 heavy (non-hydrogen) atoms. The number of amides is 5. The molecule has 1 aromatic heterocycles. The van der Waals surface area contributed by atoms with Crippen molar-refractivity contribution in [1.82, 2.24) is 24.7 Å². The van der Waals surface area contributed by atoms with Gasteiger partial charge in [0, 0.05) is 89.0 Å². The number of fused-ring (bicyclic) bond motifs is 1. The van der Waals surface area contributed by atoms with E-state index in [1.807, 2.05) is 18.0 Å². The van der Waals surface area contributed by atoms with Gasteiger partial charge in [0.2, 0.25) is 0 Å². The molecule has 6 heterocycles. The fraction of sp³-hybridized carbons (Fsp3) is 0.476. The third kappa shape index (κ3) is 6.65. The highest BCUT2D eigenvalue weighted by Gasteiger charge is 2.48. The largest absolute Gasteiger partial charge is 0.371 e. The summed E-state index contributed by atoms with van der Waals surface area (Å²) in [6.45, 7) is 6.37. The second-order valence-corrected chi connectivity index (χ2v) is 16.7. The normalized spacial score (nSPS) is 23.5. The maximum Gasteiger partial charge on any atom is 0.320 e. The minimum absolute atomic E-state index is 0.0632. The molecule has 296 valence electrons. The van der Waals surface area contributed by atoms with Crippen LogP contribution in [0.15, 0.2) is 48.7 Å². The molecule has 1 saturated carbocycles. The zero-order valence-corrected chi connectivity index (χ0v) is 32.2. The molecule has 5 aliphatic heterocycles. The van der Waals surface area contributed by atoms with Crippen molar-refractivity contribution in [2.24, 2.45) is 11.1 Å². The van der Waals surface area contributed by atoms with Gasteiger partial charge in [0.15, 0.2) is 5.78 Å². The van der Waals surface area contributed by atoms with Crippen molar-refractivity contribution in [2.75, 3.05) is 74.1 Å². The van der Waals surface area contributed by atoms with Gasteiger partial charge in [0.05, 0.1) is 41.5 Å². The molecule has 6 aliphatic rings. The number of primary amides is 1. The number of carbonyl (C=O) groups is 6. The molecule has 0 radical (unpaired) electrons. The van der Waals surface area contributed by atoms with Crippen LogP contribution in [0.4, 0.5) is 22.0 Å². The SMILES string of the molecule is CN1CCN(C2CCCN(c3cnc(C(N)=O)c(Cc4ccc(N5CCCC6(C5)CN(c5ccc7c(c5)C(=O)N(C5CCC(=O)CC5=O)C7=O)C6)cc4)n3)C2)C1=O. The molecule has 0 bridgehead atoms. The lowest BCUT2D eigenvalue weighted by Crippen LogP contribution is -2.63. The van der Waals surface area contributed by atoms with Crippen molar-refractivity contribution >= 4 is 52.5 Å². The molecule has 1 aliphatic carbocycles. The second kappa shape index (κ2) is 14.3. The highest BCUT2D eigenvalue weighted by molar-refractivity contribution is 6.24. The van der Waals surface area contributed by atoms with Gasteiger partial charge < -0.3 is 30.2 Å². The van der Waals surface area contributed by atoms with Crippen molar-refractivity contribution in [3.63, 3.8) is 0 Å². The fourth-order valence-corrected chi connectivity index (χ4v) is 9.83. The summed E-state index contributed by atoms with van der Waals surface area (Å²) < 4.78 is 0. The molecule has 15 heteroatoms. The lowest BCUT2D eigenvalue weighted by atomic mass is 9.73. The Balaban J connectivity index is 0.842. The number of piperidine rings is 2. The summed E-state index contributed by atoms with van der Waals surface area (Å²) in [6, 6.07) is 13.0. The van der Waals surface area contributed by atoms with Crippen LogP contribution in [0.3, 0.4) is 0 Å². The van der Waals surface area contributed by atoms with Gasteiger partial charge in [-0.25, -0.2) is 14.8 Å². The summed E-state index contributed by atoms with van der Waals surface area (Å²) in [4.78, 5) is 97.1. The van der Waals surface area contributed by atoms with Crippen LogP contribution in [0.25, 0.3) is 0 Å². The minimum atomic E-state index is -0.879. The number of carbonyl (C=O) groups excluding carboxylic acids is 6. The number of rotatable bonds is 8. The Labute approximate surface area is 330 Å². The first-order valence-electron chi connectivity index (χ1n) is 20.0. The number of nitrogens with zero attached hydrogens (tertiary/aromatic N) is 8. The Kier molecular flexibility index (Phi) is 9.20. The number of urea groups is 1. The monoisotopic (exact) mass is 773 g/mol. The number of nitrogens with two attached hydrogens (primary N) is 1. The maximum atomic E-state index is 13.4. The van der Waals surface area contributed by atoms with Gasteiger partial charge in [-0.15, -0.1) is 0 Å². The van der Waals surface area contributed by atoms with E-state index < -0.39 is 23.8 Å². The summed E-state index contributed by atoms with van der Waals surface area (Å²) in [5, 5.41) is 0. The van der Waals surface area contributed by atoms with Gasteiger partial charge in [-0.2, -0.15) is 0 Å². The molecule has 3 aromatic rings. The van der Waals surface area contributed by atoms with Gasteiger partial charge in [-0.3, -0.25) is 28.9 Å². The van der Waals surface area contributed by atoms with Gasteiger partial charge in [0.25, 0.3) is 17.7 Å². The Morgan fingerprint density at radius 3 is 2.32 bits per heavy atom. The van der Waals surface area contributed by atoms with E-state index in [0.717, 1.165) is 93.3 Å². The van der Waals surface area contributed by atoms with Gasteiger partial charge in [0.1, 0.15) is 17.3 Å². The number of hydrogen-bond donors (Lipinski definition) is 1. The third-order valence-electron chi connectivity index (χ3n) is 12.9. The molecule has 2 aromatic carbocycles. The molecule has 5 fully saturated rings. The number of Topliss-reactive ketones (excluding diaryl/α,β-unsaturated/α-hetero) is 2. The number of benzene rings is 2. The highest BCUT2D eigenvalue weighted by atomic mass is 16.2. The van der Waals surface area contributed by atoms with E-state index in [-0.39, 0.29) is 54.0 Å². The van der Waals surface area contributed by atoms with Crippen LogP contribution in [0.1, 0.15) is 87.4 Å². The summed E-state index contributed by atoms with van der Waals surface area (Å²) in [6.07, 6.45) is 6.16. The van der Waals surface area contributed by atoms with E-state index >= 15 is 0 Å². The van der Waals surface area contributed by atoms with Crippen LogP contribution in [0, 0.1) is 5.41 Å². The van der Waals surface area contributed by atoms with E-state index in [1.54, 1.807) is 23.2 Å². The first-order valence-corrected chi connectivity index (χ1v) is 20.0. The fourth-order valence-electron chi connectivity index (χ4n) is 9.83. The van der Waals surface area contributed by atoms with E-state index in [2.05, 4.69) is 43.9 Å². The van der Waals surface area contributed by atoms with Crippen molar-refractivity contribution in [3.8, 4) is 0 Å².